The lowest BCUT2D eigenvalue weighted by Crippen LogP contribution is -2.55. The molecule has 0 unspecified atom stereocenters. The number of amides is 1. The summed E-state index contributed by atoms with van der Waals surface area (Å²) in [5, 5.41) is 21.8. The van der Waals surface area contributed by atoms with E-state index in [1.165, 1.54) is 0 Å². The Labute approximate surface area is 312 Å². The first-order valence-electron chi connectivity index (χ1n) is 18.1. The van der Waals surface area contributed by atoms with Crippen LogP contribution in [0, 0.1) is 0 Å². The molecule has 4 aromatic carbocycles. The molecule has 4 aromatic rings. The molecule has 11 nitrogen and oxygen atoms in total. The number of carbonyl (C=O) groups is 1. The van der Waals surface area contributed by atoms with Gasteiger partial charge in [0.25, 0.3) is 0 Å². The molecule has 0 radical (unpaired) electrons. The molecular formula is C42H53NO10. The number of nitrogens with zero attached hydrogens (tertiary/aromatic N) is 1. The molecule has 286 valence electrons. The van der Waals surface area contributed by atoms with Crippen LogP contribution in [0.3, 0.4) is 0 Å². The Balaban J connectivity index is 1.31. The quantitative estimate of drug-likeness (QED) is 0.116. The van der Waals surface area contributed by atoms with Crippen molar-refractivity contribution in [2.75, 3.05) is 53.7 Å². The number of para-hydroxylation sites is 1. The van der Waals surface area contributed by atoms with E-state index in [-0.39, 0.29) is 32.2 Å². The summed E-state index contributed by atoms with van der Waals surface area (Å²) in [4.78, 5) is 15.0. The molecule has 53 heavy (non-hydrogen) atoms. The highest BCUT2D eigenvalue weighted by Gasteiger charge is 2.42. The summed E-state index contributed by atoms with van der Waals surface area (Å²) in [5.74, 6) is 1.92. The molecule has 0 aromatic heterocycles. The van der Waals surface area contributed by atoms with E-state index in [1.807, 2.05) is 99.6 Å². The number of likely N-dealkylation sites (tertiary alicyclic amines) is 1. The average Bonchev–Trinajstić information content (AvgIpc) is 3.16. The fourth-order valence-corrected chi connectivity index (χ4v) is 6.41. The third kappa shape index (κ3) is 11.3. The highest BCUT2D eigenvalue weighted by molar-refractivity contribution is 5.89. The van der Waals surface area contributed by atoms with Crippen molar-refractivity contribution in [1.82, 2.24) is 4.90 Å². The zero-order chi connectivity index (χ0) is 37.8. The molecular weight excluding hydrogens is 678 g/mol. The van der Waals surface area contributed by atoms with Crippen LogP contribution in [0.15, 0.2) is 84.9 Å². The molecule has 11 heteroatoms. The van der Waals surface area contributed by atoms with Crippen LogP contribution in [0.4, 0.5) is 4.79 Å². The summed E-state index contributed by atoms with van der Waals surface area (Å²) in [6.45, 7) is 7.07. The number of benzene rings is 4. The lowest BCUT2D eigenvalue weighted by Gasteiger charge is -2.44. The fourth-order valence-electron chi connectivity index (χ4n) is 6.41. The number of fused-ring (bicyclic) bond motifs is 1. The monoisotopic (exact) mass is 731 g/mol. The van der Waals surface area contributed by atoms with Crippen LogP contribution >= 0.6 is 0 Å². The van der Waals surface area contributed by atoms with Gasteiger partial charge in [-0.05, 0) is 67.6 Å². The summed E-state index contributed by atoms with van der Waals surface area (Å²) >= 11 is 0. The number of hydrogen-bond acceptors (Lipinski definition) is 10. The lowest BCUT2D eigenvalue weighted by atomic mass is 9.84. The van der Waals surface area contributed by atoms with E-state index in [0.717, 1.165) is 39.0 Å². The number of aliphatic hydroxyl groups excluding tert-OH is 2. The van der Waals surface area contributed by atoms with Gasteiger partial charge in [0.2, 0.25) is 0 Å². The largest absolute Gasteiger partial charge is 0.496 e. The van der Waals surface area contributed by atoms with E-state index in [4.69, 9.17) is 33.2 Å². The van der Waals surface area contributed by atoms with Crippen molar-refractivity contribution in [2.45, 2.75) is 70.2 Å². The number of ether oxygens (including phenoxy) is 7. The number of carbonyl (C=O) groups excluding carboxylic acids is 1. The van der Waals surface area contributed by atoms with Gasteiger partial charge in [-0.15, -0.1) is 0 Å². The second-order valence-corrected chi connectivity index (χ2v) is 14.1. The summed E-state index contributed by atoms with van der Waals surface area (Å²) in [6.07, 6.45) is -1.95. The minimum Gasteiger partial charge on any atom is -0.496 e. The molecule has 1 aliphatic heterocycles. The van der Waals surface area contributed by atoms with Gasteiger partial charge in [0.15, 0.2) is 0 Å². The van der Waals surface area contributed by atoms with E-state index in [0.29, 0.717) is 32.0 Å². The van der Waals surface area contributed by atoms with Gasteiger partial charge >= 0.3 is 6.09 Å². The van der Waals surface area contributed by atoms with Gasteiger partial charge in [-0.25, -0.2) is 4.79 Å². The summed E-state index contributed by atoms with van der Waals surface area (Å²) in [6, 6.07) is 27.6. The highest BCUT2D eigenvalue weighted by Crippen LogP contribution is 2.36. The Hall–Kier alpha value is -4.39. The predicted molar refractivity (Wildman–Crippen MR) is 202 cm³/mol. The second-order valence-electron chi connectivity index (χ2n) is 14.1. The van der Waals surface area contributed by atoms with E-state index in [1.54, 1.807) is 19.1 Å². The molecule has 0 bridgehead atoms. The van der Waals surface area contributed by atoms with Crippen molar-refractivity contribution in [3.63, 3.8) is 0 Å². The molecule has 1 heterocycles. The molecule has 1 amide bonds. The Bertz CT molecular complexity index is 1740. The number of piperidine rings is 1. The minimum absolute atomic E-state index is 0.116. The Morgan fingerprint density at radius 2 is 1.55 bits per heavy atom. The summed E-state index contributed by atoms with van der Waals surface area (Å²) in [7, 11) is 3.30. The lowest BCUT2D eigenvalue weighted by molar-refractivity contribution is -0.111. The van der Waals surface area contributed by atoms with Gasteiger partial charge in [-0.1, -0.05) is 54.6 Å². The Kier molecular flexibility index (Phi) is 14.3. The zero-order valence-electron chi connectivity index (χ0n) is 31.4. The maximum absolute atomic E-state index is 13.4. The van der Waals surface area contributed by atoms with E-state index in [9.17, 15) is 15.0 Å². The summed E-state index contributed by atoms with van der Waals surface area (Å²) < 4.78 is 41.7. The van der Waals surface area contributed by atoms with Crippen molar-refractivity contribution in [2.24, 2.45) is 0 Å². The average molecular weight is 732 g/mol. The van der Waals surface area contributed by atoms with E-state index < -0.39 is 36.6 Å². The normalized spacial score (nSPS) is 18.1. The molecule has 1 fully saturated rings. The first-order valence-corrected chi connectivity index (χ1v) is 18.1. The van der Waals surface area contributed by atoms with Crippen LogP contribution in [-0.4, -0.2) is 98.9 Å². The predicted octanol–water partition coefficient (Wildman–Crippen LogP) is 6.50. The molecule has 2 N–H and O–H groups in total. The topological polar surface area (TPSA) is 125 Å². The fraction of sp³-hybridized carbons (Fsp3) is 0.452. The van der Waals surface area contributed by atoms with Crippen molar-refractivity contribution in [1.29, 1.82) is 0 Å². The molecule has 5 rings (SSSR count). The van der Waals surface area contributed by atoms with Crippen molar-refractivity contribution in [3.05, 3.63) is 102 Å². The second kappa shape index (κ2) is 19.1. The number of rotatable bonds is 17. The van der Waals surface area contributed by atoms with Gasteiger partial charge in [-0.3, -0.25) is 0 Å². The van der Waals surface area contributed by atoms with Gasteiger partial charge in [0.05, 0.1) is 79.2 Å². The minimum atomic E-state index is -1.08. The van der Waals surface area contributed by atoms with Crippen LogP contribution in [0.1, 0.15) is 49.8 Å². The van der Waals surface area contributed by atoms with Crippen molar-refractivity contribution in [3.8, 4) is 17.2 Å². The molecule has 0 aliphatic carbocycles. The molecule has 0 saturated carbocycles. The van der Waals surface area contributed by atoms with Gasteiger partial charge < -0.3 is 48.3 Å². The van der Waals surface area contributed by atoms with Gasteiger partial charge in [-0.2, -0.15) is 0 Å². The third-order valence-corrected chi connectivity index (χ3v) is 8.95. The zero-order valence-corrected chi connectivity index (χ0v) is 31.4. The molecule has 1 aliphatic rings. The highest BCUT2D eigenvalue weighted by atomic mass is 16.6. The van der Waals surface area contributed by atoms with Crippen LogP contribution in [0.2, 0.25) is 0 Å². The Morgan fingerprint density at radius 1 is 0.849 bits per heavy atom. The first-order chi connectivity index (χ1) is 25.6. The van der Waals surface area contributed by atoms with Gasteiger partial charge in [0, 0.05) is 23.3 Å². The molecule has 1 saturated heterocycles. The smallest absolute Gasteiger partial charge is 0.410 e. The first kappa shape index (κ1) is 39.8. The summed E-state index contributed by atoms with van der Waals surface area (Å²) in [5.41, 5.74) is 2.13. The van der Waals surface area contributed by atoms with Crippen LogP contribution in [0.25, 0.3) is 10.8 Å². The third-order valence-electron chi connectivity index (χ3n) is 8.95. The van der Waals surface area contributed by atoms with Crippen LogP contribution in [0.5, 0.6) is 17.2 Å². The van der Waals surface area contributed by atoms with Gasteiger partial charge in [0.1, 0.15) is 29.0 Å². The van der Waals surface area contributed by atoms with E-state index in [2.05, 4.69) is 6.07 Å². The van der Waals surface area contributed by atoms with Crippen molar-refractivity contribution >= 4 is 16.9 Å². The number of hydrogen-bond donors (Lipinski definition) is 2. The maximum Gasteiger partial charge on any atom is 0.410 e. The SMILES string of the molecule is COc1ccccc1COCCCOc1ccc([C@@H]2[C@@H](OCc3cc(OC)c4ccccc4c3)CN(C(=O)OC(C)(C)C)C[C@H]2OC[C@H](O)CO)cc1. The molecule has 0 spiro atoms. The Morgan fingerprint density at radius 3 is 2.26 bits per heavy atom. The molecule has 4 atom stereocenters. The van der Waals surface area contributed by atoms with E-state index >= 15 is 0 Å². The number of methoxy groups -OCH3 is 2. The standard InChI is InChI=1S/C42H53NO10/c1-42(2,3)53-41(46)43-23-38(51-26-29-21-31-11-6-8-13-35(31)37(22-29)48-5)40(39(24-43)52-28-33(45)25-44)30-15-17-34(18-16-30)50-20-10-19-49-27-32-12-7-9-14-36(32)47-4/h6-9,11-18,21-22,33,38-40,44-45H,10,19-20,23-28H2,1-5H3/t33-,38+,39-,40-/m1/s1. The van der Waals surface area contributed by atoms with Crippen molar-refractivity contribution < 1.29 is 48.2 Å². The van der Waals surface area contributed by atoms with Crippen LogP contribution in [-0.2, 0) is 32.2 Å². The van der Waals surface area contributed by atoms with Crippen LogP contribution < -0.4 is 14.2 Å². The number of aliphatic hydroxyl groups is 2. The maximum atomic E-state index is 13.4.